The van der Waals surface area contributed by atoms with Crippen LogP contribution in [0.2, 0.25) is 5.02 Å². The van der Waals surface area contributed by atoms with Gasteiger partial charge in [0, 0.05) is 11.6 Å². The second-order valence-electron chi connectivity index (χ2n) is 2.43. The Morgan fingerprint density at radius 2 is 2.08 bits per heavy atom. The van der Waals surface area contributed by atoms with E-state index in [1.54, 1.807) is 0 Å². The molecule has 0 radical (unpaired) electrons. The van der Waals surface area contributed by atoms with Gasteiger partial charge in [0.25, 0.3) is 10.1 Å². The summed E-state index contributed by atoms with van der Waals surface area (Å²) < 4.78 is 30.4. The van der Waals surface area contributed by atoms with Crippen LogP contribution in [0.1, 0.15) is 5.56 Å². The van der Waals surface area contributed by atoms with Crippen molar-refractivity contribution in [3.63, 3.8) is 0 Å². The Labute approximate surface area is 81.1 Å². The van der Waals surface area contributed by atoms with Gasteiger partial charge in [-0.2, -0.15) is 8.42 Å². The highest BCUT2D eigenvalue weighted by Crippen LogP contribution is 2.19. The van der Waals surface area contributed by atoms with Gasteiger partial charge in [0.1, 0.15) is 0 Å². The Morgan fingerprint density at radius 1 is 1.46 bits per heavy atom. The van der Waals surface area contributed by atoms with E-state index in [4.69, 9.17) is 21.9 Å². The number of benzene rings is 1. The molecule has 0 saturated carbocycles. The lowest BCUT2D eigenvalue weighted by Gasteiger charge is -2.04. The highest BCUT2D eigenvalue weighted by atomic mass is 35.5. The van der Waals surface area contributed by atoms with E-state index in [2.05, 4.69) is 0 Å². The summed E-state index contributed by atoms with van der Waals surface area (Å²) in [6.45, 7) is 0.0340. The predicted molar refractivity (Wildman–Crippen MR) is 49.2 cm³/mol. The molecular formula is C7H8ClNO3S. The fraction of sp³-hybridized carbons (Fsp3) is 0.143. The molecule has 0 amide bonds. The number of hydrogen-bond acceptors (Lipinski definition) is 3. The van der Waals surface area contributed by atoms with Crippen molar-refractivity contribution in [2.45, 2.75) is 11.4 Å². The average Bonchev–Trinajstić information content (AvgIpc) is 2.03. The second kappa shape index (κ2) is 3.63. The minimum Gasteiger partial charge on any atom is -0.326 e. The van der Waals surface area contributed by atoms with Crippen molar-refractivity contribution in [2.75, 3.05) is 0 Å². The third-order valence-electron chi connectivity index (χ3n) is 1.53. The Balaban J connectivity index is 3.41. The van der Waals surface area contributed by atoms with Crippen LogP contribution in [0.5, 0.6) is 0 Å². The molecule has 6 heteroatoms. The average molecular weight is 222 g/mol. The van der Waals surface area contributed by atoms with Crippen LogP contribution in [0.15, 0.2) is 23.1 Å². The lowest BCUT2D eigenvalue weighted by atomic mass is 10.2. The Hall–Kier alpha value is -0.620. The van der Waals surface area contributed by atoms with Crippen LogP contribution in [0.4, 0.5) is 0 Å². The molecule has 0 heterocycles. The molecule has 0 aliphatic rings. The van der Waals surface area contributed by atoms with Gasteiger partial charge in [0.05, 0.1) is 4.90 Å². The normalized spacial score (nSPS) is 11.6. The quantitative estimate of drug-likeness (QED) is 0.732. The summed E-state index contributed by atoms with van der Waals surface area (Å²) in [7, 11) is -4.23. The maximum Gasteiger partial charge on any atom is 0.294 e. The van der Waals surface area contributed by atoms with Gasteiger partial charge >= 0.3 is 0 Å². The van der Waals surface area contributed by atoms with Gasteiger partial charge in [-0.05, 0) is 17.7 Å². The molecule has 0 aromatic heterocycles. The zero-order valence-electron chi connectivity index (χ0n) is 6.57. The second-order valence-corrected chi connectivity index (χ2v) is 4.26. The SMILES string of the molecule is NCc1ccc(Cl)cc1S(=O)(=O)O. The number of nitrogens with two attached hydrogens (primary N) is 1. The van der Waals surface area contributed by atoms with E-state index in [-0.39, 0.29) is 16.5 Å². The maximum atomic E-state index is 10.8. The van der Waals surface area contributed by atoms with Crippen molar-refractivity contribution in [2.24, 2.45) is 5.73 Å². The van der Waals surface area contributed by atoms with E-state index in [0.29, 0.717) is 5.56 Å². The van der Waals surface area contributed by atoms with E-state index in [1.807, 2.05) is 0 Å². The van der Waals surface area contributed by atoms with E-state index in [9.17, 15) is 8.42 Å². The first-order chi connectivity index (χ1) is 5.95. The molecule has 0 aliphatic carbocycles. The van der Waals surface area contributed by atoms with Crippen LogP contribution in [0, 0.1) is 0 Å². The molecule has 0 atom stereocenters. The summed E-state index contributed by atoms with van der Waals surface area (Å²) in [5.41, 5.74) is 5.62. The predicted octanol–water partition coefficient (Wildman–Crippen LogP) is 1.05. The molecule has 0 unspecified atom stereocenters. The number of hydrogen-bond donors (Lipinski definition) is 2. The molecule has 0 bridgehead atoms. The summed E-state index contributed by atoms with van der Waals surface area (Å²) in [5, 5.41) is 0.241. The van der Waals surface area contributed by atoms with Crippen molar-refractivity contribution in [1.29, 1.82) is 0 Å². The largest absolute Gasteiger partial charge is 0.326 e. The van der Waals surface area contributed by atoms with Crippen LogP contribution in [-0.4, -0.2) is 13.0 Å². The standard InChI is InChI=1S/C7H8ClNO3S/c8-6-2-1-5(4-9)7(3-6)13(10,11)12/h1-3H,4,9H2,(H,10,11,12). The highest BCUT2D eigenvalue weighted by molar-refractivity contribution is 7.85. The fourth-order valence-electron chi connectivity index (χ4n) is 0.937. The first kappa shape index (κ1) is 10.5. The minimum atomic E-state index is -4.23. The number of halogens is 1. The monoisotopic (exact) mass is 221 g/mol. The van der Waals surface area contributed by atoms with Gasteiger partial charge in [-0.25, -0.2) is 0 Å². The zero-order chi connectivity index (χ0) is 10.1. The van der Waals surface area contributed by atoms with Crippen molar-refractivity contribution in [1.82, 2.24) is 0 Å². The third kappa shape index (κ3) is 2.41. The first-order valence-corrected chi connectivity index (χ1v) is 5.23. The van der Waals surface area contributed by atoms with E-state index >= 15 is 0 Å². The summed E-state index contributed by atoms with van der Waals surface area (Å²) in [6.07, 6.45) is 0. The summed E-state index contributed by atoms with van der Waals surface area (Å²) >= 11 is 5.56. The summed E-state index contributed by atoms with van der Waals surface area (Å²) in [5.74, 6) is 0. The van der Waals surface area contributed by atoms with Gasteiger partial charge in [-0.15, -0.1) is 0 Å². The van der Waals surface area contributed by atoms with Crippen LogP contribution < -0.4 is 5.73 Å². The zero-order valence-corrected chi connectivity index (χ0v) is 8.14. The van der Waals surface area contributed by atoms with Crippen molar-refractivity contribution >= 4 is 21.7 Å². The van der Waals surface area contributed by atoms with Crippen LogP contribution in [0.3, 0.4) is 0 Å². The molecule has 13 heavy (non-hydrogen) atoms. The van der Waals surface area contributed by atoms with Gasteiger partial charge in [0.2, 0.25) is 0 Å². The van der Waals surface area contributed by atoms with Crippen molar-refractivity contribution < 1.29 is 13.0 Å². The first-order valence-electron chi connectivity index (χ1n) is 3.41. The maximum absolute atomic E-state index is 10.8. The molecule has 0 spiro atoms. The van der Waals surface area contributed by atoms with E-state index in [0.717, 1.165) is 0 Å². The Morgan fingerprint density at radius 3 is 2.54 bits per heavy atom. The van der Waals surface area contributed by atoms with E-state index < -0.39 is 10.1 Å². The Kier molecular flexibility index (Phi) is 2.92. The molecule has 4 nitrogen and oxygen atoms in total. The fourth-order valence-corrected chi connectivity index (χ4v) is 1.93. The highest BCUT2D eigenvalue weighted by Gasteiger charge is 2.14. The molecule has 3 N–H and O–H groups in total. The van der Waals surface area contributed by atoms with Crippen molar-refractivity contribution in [3.8, 4) is 0 Å². The molecule has 1 aromatic rings. The molecule has 72 valence electrons. The van der Waals surface area contributed by atoms with Crippen LogP contribution in [0.25, 0.3) is 0 Å². The van der Waals surface area contributed by atoms with Gasteiger partial charge in [-0.3, -0.25) is 4.55 Å². The molecule has 1 aromatic carbocycles. The lowest BCUT2D eigenvalue weighted by molar-refractivity contribution is 0.482. The smallest absolute Gasteiger partial charge is 0.294 e. The summed E-state index contributed by atoms with van der Waals surface area (Å²) in [6, 6.07) is 4.14. The van der Waals surface area contributed by atoms with Crippen LogP contribution >= 0.6 is 11.6 Å². The molecule has 0 saturated heterocycles. The topological polar surface area (TPSA) is 80.4 Å². The number of rotatable bonds is 2. The molecule has 0 aliphatic heterocycles. The third-order valence-corrected chi connectivity index (χ3v) is 2.70. The molecular weight excluding hydrogens is 214 g/mol. The Bertz CT molecular complexity index is 416. The lowest BCUT2D eigenvalue weighted by Crippen LogP contribution is -2.06. The van der Waals surface area contributed by atoms with Crippen LogP contribution in [-0.2, 0) is 16.7 Å². The van der Waals surface area contributed by atoms with E-state index in [1.165, 1.54) is 18.2 Å². The van der Waals surface area contributed by atoms with Gasteiger partial charge < -0.3 is 5.73 Å². The van der Waals surface area contributed by atoms with Crippen molar-refractivity contribution in [3.05, 3.63) is 28.8 Å². The van der Waals surface area contributed by atoms with Gasteiger partial charge in [0.15, 0.2) is 0 Å². The van der Waals surface area contributed by atoms with Gasteiger partial charge in [-0.1, -0.05) is 17.7 Å². The summed E-state index contributed by atoms with van der Waals surface area (Å²) in [4.78, 5) is -0.234. The molecule has 1 rings (SSSR count). The minimum absolute atomic E-state index is 0.0340. The molecule has 0 fully saturated rings.